The zero-order chi connectivity index (χ0) is 20.2. The van der Waals surface area contributed by atoms with Gasteiger partial charge in [-0.2, -0.15) is 0 Å². The van der Waals surface area contributed by atoms with E-state index >= 15 is 0 Å². The molecule has 29 heavy (non-hydrogen) atoms. The third-order valence-corrected chi connectivity index (χ3v) is 5.57. The molecule has 0 bridgehead atoms. The van der Waals surface area contributed by atoms with Gasteiger partial charge in [-0.3, -0.25) is 19.3 Å². The van der Waals surface area contributed by atoms with E-state index in [4.69, 9.17) is 0 Å². The van der Waals surface area contributed by atoms with Gasteiger partial charge in [-0.15, -0.1) is 0 Å². The van der Waals surface area contributed by atoms with Gasteiger partial charge < -0.3 is 10.2 Å². The minimum atomic E-state index is -0.145. The van der Waals surface area contributed by atoms with Crippen LogP contribution >= 0.6 is 0 Å². The van der Waals surface area contributed by atoms with Crippen molar-refractivity contribution in [2.75, 3.05) is 18.0 Å². The van der Waals surface area contributed by atoms with Crippen molar-refractivity contribution in [3.63, 3.8) is 0 Å². The number of amides is 3. The highest BCUT2D eigenvalue weighted by atomic mass is 16.2. The van der Waals surface area contributed by atoms with E-state index in [-0.39, 0.29) is 24.3 Å². The van der Waals surface area contributed by atoms with Crippen molar-refractivity contribution in [1.82, 2.24) is 10.2 Å². The summed E-state index contributed by atoms with van der Waals surface area (Å²) in [5.74, 6) is -0.409. The molecular weight excluding hydrogens is 366 g/mol. The zero-order valence-electron chi connectivity index (χ0n) is 16.4. The summed E-state index contributed by atoms with van der Waals surface area (Å²) in [6.07, 6.45) is 3.08. The first-order valence-electron chi connectivity index (χ1n) is 10.1. The lowest BCUT2D eigenvalue weighted by Crippen LogP contribution is -2.28. The van der Waals surface area contributed by atoms with Crippen LogP contribution in [0.15, 0.2) is 48.5 Å². The quantitative estimate of drug-likeness (QED) is 0.769. The molecule has 6 heteroatoms. The smallest absolute Gasteiger partial charge is 0.251 e. The van der Waals surface area contributed by atoms with E-state index in [0.717, 1.165) is 24.2 Å². The summed E-state index contributed by atoms with van der Waals surface area (Å²) in [5.41, 5.74) is 3.69. The lowest BCUT2D eigenvalue weighted by atomic mass is 10.1. The first-order chi connectivity index (χ1) is 14.1. The molecule has 2 aromatic carbocycles. The summed E-state index contributed by atoms with van der Waals surface area (Å²) >= 11 is 0. The van der Waals surface area contributed by atoms with Crippen molar-refractivity contribution >= 4 is 23.4 Å². The SMILES string of the molecule is O=C(NCc1ccc(N2CCCC2)cc1)c1ccc(CN2C(=O)CCC2=O)cc1. The Balaban J connectivity index is 1.30. The lowest BCUT2D eigenvalue weighted by molar-refractivity contribution is -0.139. The van der Waals surface area contributed by atoms with Gasteiger partial charge in [0, 0.05) is 43.7 Å². The standard InChI is InChI=1S/C23H25N3O3/c27-21-11-12-22(28)26(21)16-18-3-7-19(8-4-18)23(29)24-15-17-5-9-20(10-6-17)25-13-1-2-14-25/h3-10H,1-2,11-16H2,(H,24,29). The molecule has 3 amide bonds. The van der Waals surface area contributed by atoms with Crippen LogP contribution in [0.2, 0.25) is 0 Å². The monoisotopic (exact) mass is 391 g/mol. The molecule has 0 spiro atoms. The van der Waals surface area contributed by atoms with E-state index in [1.807, 2.05) is 0 Å². The van der Waals surface area contributed by atoms with Crippen LogP contribution in [0.1, 0.15) is 47.2 Å². The Labute approximate surface area is 170 Å². The molecule has 0 atom stereocenters. The lowest BCUT2D eigenvalue weighted by Gasteiger charge is -2.17. The molecule has 0 aliphatic carbocycles. The largest absolute Gasteiger partial charge is 0.372 e. The summed E-state index contributed by atoms with van der Waals surface area (Å²) in [6.45, 7) is 2.97. The fraction of sp³-hybridized carbons (Fsp3) is 0.348. The second-order valence-corrected chi connectivity index (χ2v) is 7.61. The summed E-state index contributed by atoms with van der Waals surface area (Å²) in [4.78, 5) is 39.5. The number of carbonyl (C=O) groups excluding carboxylic acids is 3. The highest BCUT2D eigenvalue weighted by Crippen LogP contribution is 2.20. The van der Waals surface area contributed by atoms with Crippen LogP contribution in [-0.2, 0) is 22.7 Å². The molecule has 2 saturated heterocycles. The summed E-state index contributed by atoms with van der Waals surface area (Å²) < 4.78 is 0. The van der Waals surface area contributed by atoms with E-state index in [1.54, 1.807) is 24.3 Å². The average molecular weight is 391 g/mol. The van der Waals surface area contributed by atoms with Gasteiger partial charge in [0.05, 0.1) is 6.54 Å². The van der Waals surface area contributed by atoms with Crippen LogP contribution in [0.4, 0.5) is 5.69 Å². The number of likely N-dealkylation sites (tertiary alicyclic amines) is 1. The van der Waals surface area contributed by atoms with Gasteiger partial charge in [0.2, 0.25) is 11.8 Å². The molecule has 2 aliphatic rings. The summed E-state index contributed by atoms with van der Waals surface area (Å²) in [6, 6.07) is 15.4. The van der Waals surface area contributed by atoms with E-state index < -0.39 is 0 Å². The minimum absolute atomic E-state index is 0.132. The molecule has 2 aromatic rings. The Morgan fingerprint density at radius 2 is 1.41 bits per heavy atom. The molecular formula is C23H25N3O3. The van der Waals surface area contributed by atoms with Gasteiger partial charge in [-0.25, -0.2) is 0 Å². The summed E-state index contributed by atoms with van der Waals surface area (Å²) in [5, 5.41) is 2.94. The highest BCUT2D eigenvalue weighted by molar-refractivity contribution is 6.01. The topological polar surface area (TPSA) is 69.7 Å². The van der Waals surface area contributed by atoms with E-state index in [1.165, 1.54) is 23.4 Å². The molecule has 0 saturated carbocycles. The van der Waals surface area contributed by atoms with Crippen LogP contribution in [0.5, 0.6) is 0 Å². The van der Waals surface area contributed by atoms with Crippen LogP contribution in [0.25, 0.3) is 0 Å². The van der Waals surface area contributed by atoms with E-state index in [0.29, 0.717) is 24.9 Å². The van der Waals surface area contributed by atoms with Gasteiger partial charge in [-0.05, 0) is 48.2 Å². The Hall–Kier alpha value is -3.15. The number of nitrogens with zero attached hydrogens (tertiary/aromatic N) is 2. The summed E-state index contributed by atoms with van der Waals surface area (Å²) in [7, 11) is 0. The highest BCUT2D eigenvalue weighted by Gasteiger charge is 2.28. The number of rotatable bonds is 6. The molecule has 0 unspecified atom stereocenters. The number of anilines is 1. The molecule has 2 fully saturated rings. The Morgan fingerprint density at radius 3 is 2.03 bits per heavy atom. The molecule has 0 aromatic heterocycles. The number of hydrogen-bond donors (Lipinski definition) is 1. The van der Waals surface area contributed by atoms with Crippen molar-refractivity contribution in [1.29, 1.82) is 0 Å². The Bertz CT molecular complexity index is 884. The third kappa shape index (κ3) is 4.47. The normalized spacial score (nSPS) is 16.6. The van der Waals surface area contributed by atoms with Gasteiger partial charge in [0.25, 0.3) is 5.91 Å². The van der Waals surface area contributed by atoms with Crippen molar-refractivity contribution in [3.8, 4) is 0 Å². The molecule has 1 N–H and O–H groups in total. The van der Waals surface area contributed by atoms with Crippen LogP contribution in [0.3, 0.4) is 0 Å². The van der Waals surface area contributed by atoms with Crippen LogP contribution < -0.4 is 10.2 Å². The van der Waals surface area contributed by atoms with Crippen LogP contribution in [0, 0.1) is 0 Å². The zero-order valence-corrected chi connectivity index (χ0v) is 16.4. The number of benzene rings is 2. The first-order valence-corrected chi connectivity index (χ1v) is 10.1. The maximum absolute atomic E-state index is 12.4. The fourth-order valence-corrected chi connectivity index (χ4v) is 3.83. The van der Waals surface area contributed by atoms with Crippen molar-refractivity contribution in [2.45, 2.75) is 38.8 Å². The maximum Gasteiger partial charge on any atom is 0.251 e. The van der Waals surface area contributed by atoms with Crippen molar-refractivity contribution in [2.24, 2.45) is 0 Å². The Morgan fingerprint density at radius 1 is 0.828 bits per heavy atom. The van der Waals surface area contributed by atoms with Crippen molar-refractivity contribution in [3.05, 3.63) is 65.2 Å². The molecule has 0 radical (unpaired) electrons. The number of nitrogens with one attached hydrogen (secondary N) is 1. The second kappa shape index (κ2) is 8.47. The van der Waals surface area contributed by atoms with Crippen LogP contribution in [-0.4, -0.2) is 35.7 Å². The Kier molecular flexibility index (Phi) is 5.60. The second-order valence-electron chi connectivity index (χ2n) is 7.61. The van der Waals surface area contributed by atoms with Gasteiger partial charge >= 0.3 is 0 Å². The minimum Gasteiger partial charge on any atom is -0.372 e. The molecule has 2 heterocycles. The van der Waals surface area contributed by atoms with Gasteiger partial charge in [0.1, 0.15) is 0 Å². The average Bonchev–Trinajstić information content (AvgIpc) is 3.39. The van der Waals surface area contributed by atoms with Gasteiger partial charge in [0.15, 0.2) is 0 Å². The molecule has 150 valence electrons. The molecule has 4 rings (SSSR count). The van der Waals surface area contributed by atoms with E-state index in [9.17, 15) is 14.4 Å². The third-order valence-electron chi connectivity index (χ3n) is 5.57. The van der Waals surface area contributed by atoms with Gasteiger partial charge in [-0.1, -0.05) is 24.3 Å². The fourth-order valence-electron chi connectivity index (χ4n) is 3.83. The molecule has 6 nitrogen and oxygen atoms in total. The number of carbonyl (C=O) groups is 3. The number of hydrogen-bond acceptors (Lipinski definition) is 4. The predicted molar refractivity (Wildman–Crippen MR) is 110 cm³/mol. The van der Waals surface area contributed by atoms with E-state index in [2.05, 4.69) is 34.5 Å². The first kappa shape index (κ1) is 19.2. The van der Waals surface area contributed by atoms with Crippen molar-refractivity contribution < 1.29 is 14.4 Å². The molecule has 2 aliphatic heterocycles. The maximum atomic E-state index is 12.4. The number of imide groups is 1. The predicted octanol–water partition coefficient (Wildman–Crippen LogP) is 2.87.